The smallest absolute Gasteiger partial charge is 0.159 e. The minimum atomic E-state index is -0.588. The standard InChI is InChI=1S/C14H17F2N5/c1-2-3-6-18-13-12(17)14(20-8-19-13)21-11-7-9(15)4-5-10(11)16/h4-5,7-8H,2-3,6,17H2,1H3,(H2,18,19,20,21). The summed E-state index contributed by atoms with van der Waals surface area (Å²) < 4.78 is 26.8. The van der Waals surface area contributed by atoms with Gasteiger partial charge in [0, 0.05) is 12.6 Å². The third kappa shape index (κ3) is 3.77. The Morgan fingerprint density at radius 3 is 2.71 bits per heavy atom. The molecule has 5 nitrogen and oxygen atoms in total. The van der Waals surface area contributed by atoms with Gasteiger partial charge in [0.1, 0.15) is 23.6 Å². The molecule has 7 heteroatoms. The van der Waals surface area contributed by atoms with Crippen molar-refractivity contribution >= 4 is 23.0 Å². The third-order valence-corrected chi connectivity index (χ3v) is 2.89. The number of anilines is 4. The number of halogens is 2. The first kappa shape index (κ1) is 15.0. The number of nitrogen functional groups attached to an aromatic ring is 1. The number of nitrogens with two attached hydrogens (primary N) is 1. The van der Waals surface area contributed by atoms with E-state index in [0.717, 1.165) is 37.6 Å². The zero-order valence-electron chi connectivity index (χ0n) is 11.7. The fourth-order valence-electron chi connectivity index (χ4n) is 1.74. The van der Waals surface area contributed by atoms with Crippen molar-refractivity contribution in [3.63, 3.8) is 0 Å². The summed E-state index contributed by atoms with van der Waals surface area (Å²) in [5, 5.41) is 5.76. The molecule has 0 fully saturated rings. The molecule has 0 atom stereocenters. The molecule has 0 unspecified atom stereocenters. The van der Waals surface area contributed by atoms with Gasteiger partial charge in [0.15, 0.2) is 11.6 Å². The fourth-order valence-corrected chi connectivity index (χ4v) is 1.74. The van der Waals surface area contributed by atoms with Crippen LogP contribution in [0.15, 0.2) is 24.5 Å². The molecular weight excluding hydrogens is 276 g/mol. The molecule has 0 amide bonds. The Morgan fingerprint density at radius 1 is 1.19 bits per heavy atom. The quantitative estimate of drug-likeness (QED) is 0.712. The highest BCUT2D eigenvalue weighted by molar-refractivity contribution is 5.77. The van der Waals surface area contributed by atoms with Gasteiger partial charge in [0.2, 0.25) is 0 Å². The molecule has 0 radical (unpaired) electrons. The van der Waals surface area contributed by atoms with Crippen LogP contribution in [0.25, 0.3) is 0 Å². The van der Waals surface area contributed by atoms with Crippen molar-refractivity contribution in [1.29, 1.82) is 0 Å². The van der Waals surface area contributed by atoms with Crippen LogP contribution >= 0.6 is 0 Å². The fraction of sp³-hybridized carbons (Fsp3) is 0.286. The monoisotopic (exact) mass is 293 g/mol. The van der Waals surface area contributed by atoms with Crippen molar-refractivity contribution in [1.82, 2.24) is 9.97 Å². The third-order valence-electron chi connectivity index (χ3n) is 2.89. The van der Waals surface area contributed by atoms with Gasteiger partial charge in [-0.15, -0.1) is 0 Å². The summed E-state index contributed by atoms with van der Waals surface area (Å²) in [5.41, 5.74) is 6.17. The lowest BCUT2D eigenvalue weighted by Gasteiger charge is -2.12. The summed E-state index contributed by atoms with van der Waals surface area (Å²) in [4.78, 5) is 7.99. The first-order valence-corrected chi connectivity index (χ1v) is 6.68. The van der Waals surface area contributed by atoms with Crippen LogP contribution in [0, 0.1) is 11.6 Å². The van der Waals surface area contributed by atoms with Crippen LogP contribution in [-0.2, 0) is 0 Å². The average molecular weight is 293 g/mol. The molecule has 1 aromatic carbocycles. The Balaban J connectivity index is 2.20. The van der Waals surface area contributed by atoms with Crippen molar-refractivity contribution < 1.29 is 8.78 Å². The van der Waals surface area contributed by atoms with E-state index in [4.69, 9.17) is 5.73 Å². The van der Waals surface area contributed by atoms with E-state index in [1.54, 1.807) is 0 Å². The van der Waals surface area contributed by atoms with E-state index >= 15 is 0 Å². The number of nitrogens with one attached hydrogen (secondary N) is 2. The highest BCUT2D eigenvalue weighted by Crippen LogP contribution is 2.27. The summed E-state index contributed by atoms with van der Waals surface area (Å²) in [7, 11) is 0. The van der Waals surface area contributed by atoms with Crippen LogP contribution in [0.4, 0.5) is 31.8 Å². The zero-order valence-corrected chi connectivity index (χ0v) is 11.7. The highest BCUT2D eigenvalue weighted by atomic mass is 19.1. The number of rotatable bonds is 6. The molecule has 2 rings (SSSR count). The lowest BCUT2D eigenvalue weighted by molar-refractivity contribution is 0.603. The Hall–Kier alpha value is -2.44. The van der Waals surface area contributed by atoms with Gasteiger partial charge in [-0.05, 0) is 18.6 Å². The maximum Gasteiger partial charge on any atom is 0.159 e. The molecule has 0 aliphatic heterocycles. The first-order chi connectivity index (χ1) is 10.1. The first-order valence-electron chi connectivity index (χ1n) is 6.68. The van der Waals surface area contributed by atoms with E-state index < -0.39 is 11.6 Å². The molecule has 0 bridgehead atoms. The van der Waals surface area contributed by atoms with Gasteiger partial charge >= 0.3 is 0 Å². The predicted molar refractivity (Wildman–Crippen MR) is 79.5 cm³/mol. The Bertz CT molecular complexity index is 618. The maximum absolute atomic E-state index is 13.6. The topological polar surface area (TPSA) is 75.9 Å². The van der Waals surface area contributed by atoms with Crippen LogP contribution in [0.3, 0.4) is 0 Å². The van der Waals surface area contributed by atoms with Gasteiger partial charge in [-0.25, -0.2) is 18.7 Å². The van der Waals surface area contributed by atoms with Crippen LogP contribution in [-0.4, -0.2) is 16.5 Å². The number of nitrogens with zero attached hydrogens (tertiary/aromatic N) is 2. The summed E-state index contributed by atoms with van der Waals surface area (Å²) in [6.45, 7) is 2.80. The van der Waals surface area contributed by atoms with Crippen molar-refractivity contribution in [3.05, 3.63) is 36.2 Å². The summed E-state index contributed by atoms with van der Waals surface area (Å²) >= 11 is 0. The van der Waals surface area contributed by atoms with Crippen LogP contribution in [0.1, 0.15) is 19.8 Å². The zero-order chi connectivity index (χ0) is 15.2. The van der Waals surface area contributed by atoms with E-state index in [1.165, 1.54) is 6.33 Å². The normalized spacial score (nSPS) is 10.4. The highest BCUT2D eigenvalue weighted by Gasteiger charge is 2.10. The molecule has 1 heterocycles. The van der Waals surface area contributed by atoms with Gasteiger partial charge in [0.05, 0.1) is 5.69 Å². The van der Waals surface area contributed by atoms with Gasteiger partial charge in [0.25, 0.3) is 0 Å². The molecule has 0 aliphatic rings. The minimum Gasteiger partial charge on any atom is -0.393 e. The average Bonchev–Trinajstić information content (AvgIpc) is 2.47. The number of unbranched alkanes of at least 4 members (excludes halogenated alkanes) is 1. The van der Waals surface area contributed by atoms with Crippen LogP contribution in [0.2, 0.25) is 0 Å². The molecule has 0 spiro atoms. The SMILES string of the molecule is CCCCNc1ncnc(Nc2cc(F)ccc2F)c1N. The largest absolute Gasteiger partial charge is 0.393 e. The van der Waals surface area contributed by atoms with Crippen molar-refractivity contribution in [2.75, 3.05) is 22.9 Å². The minimum absolute atomic E-state index is 0.0279. The molecule has 1 aromatic heterocycles. The Kier molecular flexibility index (Phi) is 4.86. The second-order valence-corrected chi connectivity index (χ2v) is 4.51. The van der Waals surface area contributed by atoms with Crippen molar-refractivity contribution in [3.8, 4) is 0 Å². The summed E-state index contributed by atoms with van der Waals surface area (Å²) in [6.07, 6.45) is 3.33. The molecule has 0 saturated carbocycles. The molecule has 2 aromatic rings. The van der Waals surface area contributed by atoms with E-state index in [0.29, 0.717) is 5.82 Å². The van der Waals surface area contributed by atoms with Gasteiger partial charge in [-0.2, -0.15) is 0 Å². The molecule has 0 aliphatic carbocycles. The van der Waals surface area contributed by atoms with Crippen molar-refractivity contribution in [2.45, 2.75) is 19.8 Å². The molecule has 4 N–H and O–H groups in total. The molecule has 0 saturated heterocycles. The second-order valence-electron chi connectivity index (χ2n) is 4.51. The number of aromatic nitrogens is 2. The Morgan fingerprint density at radius 2 is 1.95 bits per heavy atom. The van der Waals surface area contributed by atoms with Gasteiger partial charge in [-0.1, -0.05) is 13.3 Å². The van der Waals surface area contributed by atoms with Crippen LogP contribution in [0.5, 0.6) is 0 Å². The molecule has 112 valence electrons. The summed E-state index contributed by atoms with van der Waals surface area (Å²) in [6, 6.07) is 3.12. The molecular formula is C14H17F2N5. The second kappa shape index (κ2) is 6.83. The maximum atomic E-state index is 13.6. The van der Waals surface area contributed by atoms with Crippen LogP contribution < -0.4 is 16.4 Å². The Labute approximate surface area is 121 Å². The molecule has 21 heavy (non-hydrogen) atoms. The van der Waals surface area contributed by atoms with Crippen molar-refractivity contribution in [2.24, 2.45) is 0 Å². The lowest BCUT2D eigenvalue weighted by Crippen LogP contribution is -2.09. The van der Waals surface area contributed by atoms with Gasteiger partial charge in [-0.3, -0.25) is 0 Å². The lowest BCUT2D eigenvalue weighted by atomic mass is 10.3. The number of hydrogen-bond acceptors (Lipinski definition) is 5. The van der Waals surface area contributed by atoms with E-state index in [-0.39, 0.29) is 17.2 Å². The van der Waals surface area contributed by atoms with E-state index in [2.05, 4.69) is 27.5 Å². The number of hydrogen-bond donors (Lipinski definition) is 3. The van der Waals surface area contributed by atoms with E-state index in [9.17, 15) is 8.78 Å². The predicted octanol–water partition coefficient (Wildman–Crippen LogP) is 3.29. The summed E-state index contributed by atoms with van der Waals surface area (Å²) in [5.74, 6) is -0.436. The number of benzene rings is 1. The van der Waals surface area contributed by atoms with Gasteiger partial charge < -0.3 is 16.4 Å². The van der Waals surface area contributed by atoms with E-state index in [1.807, 2.05) is 0 Å².